The summed E-state index contributed by atoms with van der Waals surface area (Å²) < 4.78 is 13.7. The molecule has 4 heterocycles. The molecular formula is C22H27FN6O2S. The molecule has 10 heteroatoms. The van der Waals surface area contributed by atoms with Crippen molar-refractivity contribution in [2.45, 2.75) is 38.3 Å². The van der Waals surface area contributed by atoms with Gasteiger partial charge in [-0.1, -0.05) is 6.07 Å². The maximum absolute atomic E-state index is 13.7. The average molecular weight is 459 g/mol. The molecule has 170 valence electrons. The molecule has 0 unspecified atom stereocenters. The number of carbonyl (C=O) groups excluding carboxylic acids is 2. The lowest BCUT2D eigenvalue weighted by atomic mass is 10.0. The van der Waals surface area contributed by atoms with Crippen molar-refractivity contribution in [3.8, 4) is 0 Å². The fourth-order valence-corrected chi connectivity index (χ4v) is 6.00. The van der Waals surface area contributed by atoms with E-state index in [1.807, 2.05) is 15.9 Å². The number of anilines is 2. The second kappa shape index (κ2) is 8.67. The van der Waals surface area contributed by atoms with E-state index in [4.69, 9.17) is 5.73 Å². The lowest BCUT2D eigenvalue weighted by molar-refractivity contribution is -0.119. The summed E-state index contributed by atoms with van der Waals surface area (Å²) >= 11 is 1.47. The number of fused-ring (bicyclic) bond motifs is 2. The topological polar surface area (TPSA) is 94.8 Å². The van der Waals surface area contributed by atoms with Gasteiger partial charge in [-0.2, -0.15) is 0 Å². The predicted octanol–water partition coefficient (Wildman–Crippen LogP) is 2.18. The van der Waals surface area contributed by atoms with E-state index >= 15 is 0 Å². The van der Waals surface area contributed by atoms with Gasteiger partial charge in [0.1, 0.15) is 5.82 Å². The predicted molar refractivity (Wildman–Crippen MR) is 121 cm³/mol. The molecule has 0 saturated carbocycles. The molecule has 1 aromatic carbocycles. The Hall–Kier alpha value is -2.72. The van der Waals surface area contributed by atoms with Crippen LogP contribution in [0.5, 0.6) is 0 Å². The Morgan fingerprint density at radius 1 is 1.19 bits per heavy atom. The molecule has 3 aliphatic heterocycles. The molecule has 0 bridgehead atoms. The molecule has 3 amide bonds. The minimum atomic E-state index is -0.336. The second-order valence-corrected chi connectivity index (χ2v) is 9.76. The Labute approximate surface area is 190 Å². The highest BCUT2D eigenvalue weighted by Gasteiger charge is 2.31. The van der Waals surface area contributed by atoms with Gasteiger partial charge in [0.05, 0.1) is 12.2 Å². The number of nitrogens with two attached hydrogens (primary N) is 1. The molecule has 3 aliphatic rings. The van der Waals surface area contributed by atoms with Crippen molar-refractivity contribution >= 4 is 34.1 Å². The molecule has 1 aromatic heterocycles. The van der Waals surface area contributed by atoms with Crippen molar-refractivity contribution in [2.24, 2.45) is 5.73 Å². The summed E-state index contributed by atoms with van der Waals surface area (Å²) in [5, 5.41) is 3.56. The molecule has 2 aromatic rings. The summed E-state index contributed by atoms with van der Waals surface area (Å²) in [5.41, 5.74) is 8.50. The third-order valence-corrected chi connectivity index (χ3v) is 7.57. The van der Waals surface area contributed by atoms with Crippen LogP contribution >= 0.6 is 11.3 Å². The maximum atomic E-state index is 13.7. The van der Waals surface area contributed by atoms with Crippen LogP contribution in [0.4, 0.5) is 20.0 Å². The van der Waals surface area contributed by atoms with Crippen molar-refractivity contribution in [2.75, 3.05) is 42.9 Å². The van der Waals surface area contributed by atoms with Gasteiger partial charge < -0.3 is 15.5 Å². The van der Waals surface area contributed by atoms with Gasteiger partial charge in [-0.25, -0.2) is 14.2 Å². The SMILES string of the molecule is NC(=O)CN1CCc2nc(NC(=O)N3CCC(N4CCc5ccc(F)cc54)CC3)sc2C1. The first-order valence-corrected chi connectivity index (χ1v) is 11.9. The van der Waals surface area contributed by atoms with E-state index in [1.165, 1.54) is 23.0 Å². The van der Waals surface area contributed by atoms with Crippen LogP contribution in [0.2, 0.25) is 0 Å². The fraction of sp³-hybridized carbons (Fsp3) is 0.500. The van der Waals surface area contributed by atoms with Crippen molar-refractivity contribution in [3.05, 3.63) is 40.2 Å². The van der Waals surface area contributed by atoms with Gasteiger partial charge in [0.25, 0.3) is 0 Å². The summed E-state index contributed by atoms with van der Waals surface area (Å²) in [6.07, 6.45) is 3.42. The first-order chi connectivity index (χ1) is 15.5. The van der Waals surface area contributed by atoms with Gasteiger partial charge in [-0.05, 0) is 37.0 Å². The molecular weight excluding hydrogens is 431 g/mol. The number of primary amides is 1. The third kappa shape index (κ3) is 4.29. The van der Waals surface area contributed by atoms with Gasteiger partial charge in [0, 0.05) is 55.8 Å². The lowest BCUT2D eigenvalue weighted by Crippen LogP contribution is -2.47. The number of benzene rings is 1. The number of aromatic nitrogens is 1. The van der Waals surface area contributed by atoms with Crippen molar-refractivity contribution in [1.82, 2.24) is 14.8 Å². The van der Waals surface area contributed by atoms with Gasteiger partial charge in [-0.3, -0.25) is 15.0 Å². The molecule has 32 heavy (non-hydrogen) atoms. The zero-order chi connectivity index (χ0) is 22.2. The second-order valence-electron chi connectivity index (χ2n) is 8.68. The van der Waals surface area contributed by atoms with Gasteiger partial charge >= 0.3 is 6.03 Å². The number of piperidine rings is 1. The number of thiazole rings is 1. The number of nitrogens with zero attached hydrogens (tertiary/aromatic N) is 4. The summed E-state index contributed by atoms with van der Waals surface area (Å²) in [6, 6.07) is 5.24. The van der Waals surface area contributed by atoms with E-state index in [0.717, 1.165) is 55.0 Å². The molecule has 0 spiro atoms. The molecule has 1 fully saturated rings. The summed E-state index contributed by atoms with van der Waals surface area (Å²) in [7, 11) is 0. The number of likely N-dealkylation sites (tertiary alicyclic amines) is 1. The minimum Gasteiger partial charge on any atom is -0.369 e. The number of urea groups is 1. The van der Waals surface area contributed by atoms with Crippen LogP contribution in [0.3, 0.4) is 0 Å². The Morgan fingerprint density at radius 2 is 2.00 bits per heavy atom. The number of hydrogen-bond acceptors (Lipinski definition) is 6. The summed E-state index contributed by atoms with van der Waals surface area (Å²) in [6.45, 7) is 3.85. The molecule has 0 radical (unpaired) electrons. The Bertz CT molecular complexity index is 1040. The lowest BCUT2D eigenvalue weighted by Gasteiger charge is -2.38. The van der Waals surface area contributed by atoms with Gasteiger partial charge in [-0.15, -0.1) is 11.3 Å². The maximum Gasteiger partial charge on any atom is 0.323 e. The average Bonchev–Trinajstić information content (AvgIpc) is 3.36. The highest BCUT2D eigenvalue weighted by molar-refractivity contribution is 7.15. The first kappa shape index (κ1) is 21.1. The zero-order valence-electron chi connectivity index (χ0n) is 17.8. The van der Waals surface area contributed by atoms with Crippen LogP contribution in [-0.4, -0.2) is 65.5 Å². The largest absolute Gasteiger partial charge is 0.369 e. The highest BCUT2D eigenvalue weighted by Crippen LogP contribution is 2.33. The van der Waals surface area contributed by atoms with Crippen molar-refractivity contribution in [3.63, 3.8) is 0 Å². The fourth-order valence-electron chi connectivity index (χ4n) is 4.96. The molecule has 8 nitrogen and oxygen atoms in total. The van der Waals surface area contributed by atoms with Crippen LogP contribution in [0.25, 0.3) is 0 Å². The van der Waals surface area contributed by atoms with E-state index < -0.39 is 0 Å². The highest BCUT2D eigenvalue weighted by atomic mass is 32.1. The standard InChI is InChI=1S/C22H27FN6O2S/c23-15-2-1-14-3-10-29(18(14)11-15)16-4-8-28(9-5-16)22(31)26-21-25-17-6-7-27(13-20(24)30)12-19(17)32-21/h1-2,11,16H,3-10,12-13H2,(H2,24,30)(H,25,26,31). The number of hydrogen-bond donors (Lipinski definition) is 2. The summed E-state index contributed by atoms with van der Waals surface area (Å²) in [4.78, 5) is 35.8. The Morgan fingerprint density at radius 3 is 2.78 bits per heavy atom. The van der Waals surface area contributed by atoms with Crippen LogP contribution in [-0.2, 0) is 24.2 Å². The van der Waals surface area contributed by atoms with E-state index in [9.17, 15) is 14.0 Å². The Balaban J connectivity index is 1.16. The number of rotatable bonds is 4. The first-order valence-electron chi connectivity index (χ1n) is 11.1. The van der Waals surface area contributed by atoms with Crippen LogP contribution in [0, 0.1) is 5.82 Å². The quantitative estimate of drug-likeness (QED) is 0.733. The molecule has 3 N–H and O–H groups in total. The van der Waals surface area contributed by atoms with Gasteiger partial charge in [0.2, 0.25) is 5.91 Å². The van der Waals surface area contributed by atoms with E-state index in [-0.39, 0.29) is 24.3 Å². The molecule has 5 rings (SSSR count). The number of carbonyl (C=O) groups is 2. The van der Waals surface area contributed by atoms with Gasteiger partial charge in [0.15, 0.2) is 5.13 Å². The zero-order valence-corrected chi connectivity index (χ0v) is 18.7. The van der Waals surface area contributed by atoms with Crippen LogP contribution in [0.1, 0.15) is 29.0 Å². The van der Waals surface area contributed by atoms with Crippen molar-refractivity contribution < 1.29 is 14.0 Å². The minimum absolute atomic E-state index is 0.128. The van der Waals surface area contributed by atoms with Crippen molar-refractivity contribution in [1.29, 1.82) is 0 Å². The van der Waals surface area contributed by atoms with Crippen LogP contribution < -0.4 is 16.0 Å². The molecule has 0 aliphatic carbocycles. The summed E-state index contributed by atoms with van der Waals surface area (Å²) in [5.74, 6) is -0.534. The Kier molecular flexibility index (Phi) is 5.73. The normalized spacial score (nSPS) is 19.0. The number of nitrogens with one attached hydrogen (secondary N) is 1. The van der Waals surface area contributed by atoms with E-state index in [1.54, 1.807) is 6.07 Å². The molecule has 0 atom stereocenters. The van der Waals surface area contributed by atoms with Crippen LogP contribution in [0.15, 0.2) is 18.2 Å². The number of amides is 3. The van der Waals surface area contributed by atoms with E-state index in [2.05, 4.69) is 15.2 Å². The third-order valence-electron chi connectivity index (χ3n) is 6.57. The molecule has 1 saturated heterocycles. The van der Waals surface area contributed by atoms with E-state index in [0.29, 0.717) is 30.8 Å². The number of halogens is 1. The monoisotopic (exact) mass is 458 g/mol. The smallest absolute Gasteiger partial charge is 0.323 e.